The summed E-state index contributed by atoms with van der Waals surface area (Å²) in [5, 5.41) is 0. The van der Waals surface area contributed by atoms with Crippen LogP contribution in [-0.4, -0.2) is 26.4 Å². The third-order valence-corrected chi connectivity index (χ3v) is 6.88. The molecule has 1 fully saturated rings. The van der Waals surface area contributed by atoms with E-state index in [1.54, 1.807) is 24.3 Å². The van der Waals surface area contributed by atoms with Crippen molar-refractivity contribution in [2.75, 3.05) is 13.1 Å². The zero-order chi connectivity index (χ0) is 17.7. The van der Waals surface area contributed by atoms with E-state index in [-0.39, 0.29) is 11.4 Å². The fraction of sp³-hybridized carbons (Fsp3) is 0.368. The van der Waals surface area contributed by atoms with Gasteiger partial charge in [0.1, 0.15) is 0 Å². The third-order valence-electron chi connectivity index (χ3n) is 4.47. The molecule has 6 heteroatoms. The highest BCUT2D eigenvalue weighted by Gasteiger charge is 2.16. The Bertz CT molecular complexity index is 800. The molecular formula is C19H23BrN2O2S. The van der Waals surface area contributed by atoms with Crippen LogP contribution in [0.15, 0.2) is 57.9 Å². The molecule has 134 valence electrons. The lowest BCUT2D eigenvalue weighted by Gasteiger charge is -2.26. The Balaban J connectivity index is 1.59. The second-order valence-corrected chi connectivity index (χ2v) is 9.00. The molecule has 1 N–H and O–H groups in total. The summed E-state index contributed by atoms with van der Waals surface area (Å²) >= 11 is 3.29. The van der Waals surface area contributed by atoms with Gasteiger partial charge in [0.25, 0.3) is 0 Å². The Morgan fingerprint density at radius 3 is 2.24 bits per heavy atom. The summed E-state index contributed by atoms with van der Waals surface area (Å²) in [5.41, 5.74) is 2.23. The molecule has 3 rings (SSSR count). The zero-order valence-electron chi connectivity index (χ0n) is 14.1. The highest BCUT2D eigenvalue weighted by atomic mass is 79.9. The number of halogens is 1. The Labute approximate surface area is 158 Å². The summed E-state index contributed by atoms with van der Waals surface area (Å²) in [6.07, 6.45) is 3.91. The minimum Gasteiger partial charge on any atom is -0.299 e. The summed E-state index contributed by atoms with van der Waals surface area (Å²) < 4.78 is 28.1. The van der Waals surface area contributed by atoms with Gasteiger partial charge in [-0.15, -0.1) is 0 Å². The first-order valence-corrected chi connectivity index (χ1v) is 10.9. The van der Waals surface area contributed by atoms with Gasteiger partial charge in [-0.25, -0.2) is 13.1 Å². The van der Waals surface area contributed by atoms with Crippen LogP contribution < -0.4 is 4.72 Å². The Morgan fingerprint density at radius 2 is 1.56 bits per heavy atom. The molecule has 1 aliphatic heterocycles. The molecule has 0 amide bonds. The van der Waals surface area contributed by atoms with Crippen molar-refractivity contribution in [3.05, 3.63) is 64.1 Å². The number of benzene rings is 2. The Kier molecular flexibility index (Phi) is 6.28. The minimum absolute atomic E-state index is 0.261. The van der Waals surface area contributed by atoms with Gasteiger partial charge in [0.05, 0.1) is 4.90 Å². The van der Waals surface area contributed by atoms with Gasteiger partial charge in [0.15, 0.2) is 0 Å². The number of nitrogens with zero attached hydrogens (tertiary/aromatic N) is 1. The van der Waals surface area contributed by atoms with Gasteiger partial charge < -0.3 is 0 Å². The van der Waals surface area contributed by atoms with Gasteiger partial charge >= 0.3 is 0 Å². The fourth-order valence-electron chi connectivity index (χ4n) is 3.06. The van der Waals surface area contributed by atoms with E-state index < -0.39 is 10.0 Å². The molecule has 1 saturated heterocycles. The van der Waals surface area contributed by atoms with Crippen LogP contribution in [-0.2, 0) is 23.1 Å². The first kappa shape index (κ1) is 18.6. The second-order valence-electron chi connectivity index (χ2n) is 6.41. The van der Waals surface area contributed by atoms with E-state index in [0.29, 0.717) is 4.47 Å². The van der Waals surface area contributed by atoms with Gasteiger partial charge in [-0.3, -0.25) is 4.90 Å². The summed E-state index contributed by atoms with van der Waals surface area (Å²) in [6.45, 7) is 3.61. The van der Waals surface area contributed by atoms with Crippen molar-refractivity contribution in [1.29, 1.82) is 0 Å². The molecular weight excluding hydrogens is 400 g/mol. The zero-order valence-corrected chi connectivity index (χ0v) is 16.5. The van der Waals surface area contributed by atoms with Gasteiger partial charge in [-0.1, -0.05) is 42.8 Å². The van der Waals surface area contributed by atoms with Crippen LogP contribution in [0.25, 0.3) is 0 Å². The molecule has 2 aromatic carbocycles. The van der Waals surface area contributed by atoms with E-state index >= 15 is 0 Å². The maximum Gasteiger partial charge on any atom is 0.241 e. The predicted octanol–water partition coefficient (Wildman–Crippen LogP) is 3.91. The molecule has 4 nitrogen and oxygen atoms in total. The van der Waals surface area contributed by atoms with Crippen LogP contribution in [0.4, 0.5) is 0 Å². The van der Waals surface area contributed by atoms with Crippen LogP contribution in [0, 0.1) is 0 Å². The molecule has 1 heterocycles. The largest absolute Gasteiger partial charge is 0.299 e. The molecule has 0 unspecified atom stereocenters. The van der Waals surface area contributed by atoms with E-state index in [2.05, 4.69) is 37.7 Å². The van der Waals surface area contributed by atoms with Crippen molar-refractivity contribution < 1.29 is 8.42 Å². The quantitative estimate of drug-likeness (QED) is 0.767. The molecule has 0 atom stereocenters. The molecule has 2 aromatic rings. The fourth-order valence-corrected chi connectivity index (χ4v) is 5.08. The van der Waals surface area contributed by atoms with Crippen molar-refractivity contribution in [2.24, 2.45) is 0 Å². The van der Waals surface area contributed by atoms with Crippen LogP contribution in [0.3, 0.4) is 0 Å². The molecule has 0 saturated carbocycles. The van der Waals surface area contributed by atoms with Gasteiger partial charge in [-0.2, -0.15) is 0 Å². The van der Waals surface area contributed by atoms with Crippen molar-refractivity contribution in [3.63, 3.8) is 0 Å². The summed E-state index contributed by atoms with van der Waals surface area (Å²) in [4.78, 5) is 2.74. The highest BCUT2D eigenvalue weighted by molar-refractivity contribution is 9.10. The first-order valence-electron chi connectivity index (χ1n) is 8.59. The van der Waals surface area contributed by atoms with Gasteiger partial charge in [0.2, 0.25) is 10.0 Å². The Morgan fingerprint density at radius 1 is 0.920 bits per heavy atom. The number of hydrogen-bond donors (Lipinski definition) is 1. The molecule has 0 bridgehead atoms. The normalized spacial score (nSPS) is 16.0. The maximum absolute atomic E-state index is 12.4. The van der Waals surface area contributed by atoms with E-state index in [0.717, 1.165) is 12.1 Å². The average molecular weight is 423 g/mol. The maximum atomic E-state index is 12.4. The predicted molar refractivity (Wildman–Crippen MR) is 104 cm³/mol. The minimum atomic E-state index is -3.53. The summed E-state index contributed by atoms with van der Waals surface area (Å²) in [6, 6.07) is 15.0. The second kappa shape index (κ2) is 8.45. The topological polar surface area (TPSA) is 49.4 Å². The Hall–Kier alpha value is -1.21. The van der Waals surface area contributed by atoms with Crippen LogP contribution in [0.2, 0.25) is 0 Å². The molecule has 25 heavy (non-hydrogen) atoms. The monoisotopic (exact) mass is 422 g/mol. The standard InChI is InChI=1S/C19H23BrN2O2S/c20-18-6-2-3-7-19(18)25(23,24)21-14-16-8-10-17(11-9-16)15-22-12-4-1-5-13-22/h2-3,6-11,21H,1,4-5,12-15H2. The molecule has 0 spiro atoms. The summed E-state index contributed by atoms with van der Waals surface area (Å²) in [7, 11) is -3.53. The molecule has 0 aliphatic carbocycles. The van der Waals surface area contributed by atoms with E-state index in [4.69, 9.17) is 0 Å². The van der Waals surface area contributed by atoms with Gasteiger partial charge in [-0.05, 0) is 65.1 Å². The average Bonchev–Trinajstić information content (AvgIpc) is 2.62. The van der Waals surface area contributed by atoms with Crippen molar-refractivity contribution in [2.45, 2.75) is 37.2 Å². The lowest BCUT2D eigenvalue weighted by atomic mass is 10.1. The molecule has 1 aliphatic rings. The summed E-state index contributed by atoms with van der Waals surface area (Å²) in [5.74, 6) is 0. The number of hydrogen-bond acceptors (Lipinski definition) is 3. The number of sulfonamides is 1. The lowest BCUT2D eigenvalue weighted by molar-refractivity contribution is 0.221. The van der Waals surface area contributed by atoms with E-state index in [1.807, 2.05) is 12.1 Å². The first-order chi connectivity index (χ1) is 12.0. The van der Waals surface area contributed by atoms with Crippen molar-refractivity contribution >= 4 is 26.0 Å². The van der Waals surface area contributed by atoms with Crippen molar-refractivity contribution in [1.82, 2.24) is 9.62 Å². The lowest BCUT2D eigenvalue weighted by Crippen LogP contribution is -2.29. The van der Waals surface area contributed by atoms with Crippen molar-refractivity contribution in [3.8, 4) is 0 Å². The number of piperidine rings is 1. The van der Waals surface area contributed by atoms with Crippen LogP contribution in [0.1, 0.15) is 30.4 Å². The van der Waals surface area contributed by atoms with E-state index in [1.165, 1.54) is 37.9 Å². The molecule has 0 aromatic heterocycles. The number of rotatable bonds is 6. The number of nitrogens with one attached hydrogen (secondary N) is 1. The van der Waals surface area contributed by atoms with E-state index in [9.17, 15) is 8.42 Å². The highest BCUT2D eigenvalue weighted by Crippen LogP contribution is 2.21. The van der Waals surface area contributed by atoms with Gasteiger partial charge in [0, 0.05) is 17.6 Å². The van der Waals surface area contributed by atoms with Crippen LogP contribution in [0.5, 0.6) is 0 Å². The number of likely N-dealkylation sites (tertiary alicyclic amines) is 1. The SMILES string of the molecule is O=S(=O)(NCc1ccc(CN2CCCCC2)cc1)c1ccccc1Br. The third kappa shape index (κ3) is 5.14. The smallest absolute Gasteiger partial charge is 0.241 e. The molecule has 0 radical (unpaired) electrons. The van der Waals surface area contributed by atoms with Crippen LogP contribution >= 0.6 is 15.9 Å².